The molecule has 0 atom stereocenters. The summed E-state index contributed by atoms with van der Waals surface area (Å²) in [5, 5.41) is 2.63. The Labute approximate surface area is 139 Å². The molecule has 122 valence electrons. The van der Waals surface area contributed by atoms with Gasteiger partial charge in [-0.25, -0.2) is 4.39 Å². The number of benzene rings is 2. The number of anilines is 2. The summed E-state index contributed by atoms with van der Waals surface area (Å²) in [6.45, 7) is 0.750. The van der Waals surface area contributed by atoms with Crippen LogP contribution in [0.25, 0.3) is 0 Å². The molecule has 2 heterocycles. The van der Waals surface area contributed by atoms with Crippen molar-refractivity contribution in [2.75, 3.05) is 16.8 Å². The zero-order chi connectivity index (χ0) is 16.7. The molecule has 0 spiro atoms. The largest absolute Gasteiger partial charge is 0.319 e. The predicted octanol–water partition coefficient (Wildman–Crippen LogP) is 3.30. The standard InChI is InChI=1S/C19H17FN2O2/c20-15-5-1-2-6-16(15)21-19(24)14-10-12-4-3-9-22-17(23)8-7-13(11-14)18(12)22/h1-2,5-6,10-11H,3-4,7-9H2,(H,21,24). The van der Waals surface area contributed by atoms with Crippen LogP contribution in [-0.2, 0) is 17.6 Å². The molecule has 4 rings (SSSR count). The van der Waals surface area contributed by atoms with Gasteiger partial charge >= 0.3 is 0 Å². The molecule has 2 aromatic carbocycles. The number of amides is 2. The van der Waals surface area contributed by atoms with Crippen LogP contribution in [0.4, 0.5) is 15.8 Å². The number of nitrogens with one attached hydrogen (secondary N) is 1. The maximum atomic E-state index is 13.7. The normalized spacial score (nSPS) is 15.9. The molecule has 2 aliphatic heterocycles. The molecular weight excluding hydrogens is 307 g/mol. The zero-order valence-electron chi connectivity index (χ0n) is 13.1. The summed E-state index contributed by atoms with van der Waals surface area (Å²) in [4.78, 5) is 26.4. The van der Waals surface area contributed by atoms with Crippen molar-refractivity contribution in [1.29, 1.82) is 0 Å². The van der Waals surface area contributed by atoms with E-state index in [1.165, 1.54) is 12.1 Å². The molecular formula is C19H17FN2O2. The van der Waals surface area contributed by atoms with Gasteiger partial charge in [0.05, 0.1) is 11.4 Å². The fourth-order valence-electron chi connectivity index (χ4n) is 3.54. The molecule has 0 aliphatic carbocycles. The summed E-state index contributed by atoms with van der Waals surface area (Å²) in [6.07, 6.45) is 2.88. The van der Waals surface area contributed by atoms with Crippen LogP contribution in [0.2, 0.25) is 0 Å². The third kappa shape index (κ3) is 2.46. The Bertz CT molecular complexity index is 830. The second kappa shape index (κ2) is 5.74. The van der Waals surface area contributed by atoms with Crippen molar-refractivity contribution in [3.05, 3.63) is 58.9 Å². The maximum Gasteiger partial charge on any atom is 0.255 e. The van der Waals surface area contributed by atoms with Crippen LogP contribution in [0.3, 0.4) is 0 Å². The molecule has 4 nitrogen and oxygen atoms in total. The van der Waals surface area contributed by atoms with Crippen molar-refractivity contribution in [2.24, 2.45) is 0 Å². The van der Waals surface area contributed by atoms with E-state index in [1.54, 1.807) is 12.1 Å². The lowest BCUT2D eigenvalue weighted by Gasteiger charge is -2.35. The van der Waals surface area contributed by atoms with Gasteiger partial charge in [0.2, 0.25) is 5.91 Å². The van der Waals surface area contributed by atoms with Gasteiger partial charge in [0.15, 0.2) is 0 Å². The second-order valence-electron chi connectivity index (χ2n) is 6.23. The van der Waals surface area contributed by atoms with Crippen LogP contribution in [-0.4, -0.2) is 18.4 Å². The monoisotopic (exact) mass is 324 g/mol. The molecule has 2 aromatic rings. The molecule has 0 bridgehead atoms. The van der Waals surface area contributed by atoms with Crippen molar-refractivity contribution < 1.29 is 14.0 Å². The first-order valence-electron chi connectivity index (χ1n) is 8.15. The van der Waals surface area contributed by atoms with Crippen LogP contribution in [0.5, 0.6) is 0 Å². The van der Waals surface area contributed by atoms with Crippen molar-refractivity contribution in [1.82, 2.24) is 0 Å². The van der Waals surface area contributed by atoms with E-state index in [0.29, 0.717) is 18.4 Å². The highest BCUT2D eigenvalue weighted by atomic mass is 19.1. The van der Waals surface area contributed by atoms with Gasteiger partial charge in [0.25, 0.3) is 5.91 Å². The highest BCUT2D eigenvalue weighted by Crippen LogP contribution is 2.36. The SMILES string of the molecule is O=C(Nc1ccccc1F)c1cc2c3c(c1)CCC(=O)N3CCC2. The third-order valence-corrected chi connectivity index (χ3v) is 4.66. The smallest absolute Gasteiger partial charge is 0.255 e. The lowest BCUT2D eigenvalue weighted by Crippen LogP contribution is -2.39. The first-order chi connectivity index (χ1) is 11.6. The van der Waals surface area contributed by atoms with Gasteiger partial charge in [-0.1, -0.05) is 12.1 Å². The van der Waals surface area contributed by atoms with Crippen molar-refractivity contribution in [2.45, 2.75) is 25.7 Å². The molecule has 0 fully saturated rings. The Morgan fingerprint density at radius 3 is 2.62 bits per heavy atom. The predicted molar refractivity (Wildman–Crippen MR) is 89.8 cm³/mol. The van der Waals surface area contributed by atoms with E-state index in [2.05, 4.69) is 5.32 Å². The fraction of sp³-hybridized carbons (Fsp3) is 0.263. The molecule has 0 saturated heterocycles. The van der Waals surface area contributed by atoms with E-state index in [4.69, 9.17) is 0 Å². The summed E-state index contributed by atoms with van der Waals surface area (Å²) in [5.41, 5.74) is 3.74. The maximum absolute atomic E-state index is 13.7. The number of nitrogens with zero attached hydrogens (tertiary/aromatic N) is 1. The van der Waals surface area contributed by atoms with Gasteiger partial charge in [-0.15, -0.1) is 0 Å². The Morgan fingerprint density at radius 1 is 1.08 bits per heavy atom. The minimum Gasteiger partial charge on any atom is -0.319 e. The topological polar surface area (TPSA) is 49.4 Å². The zero-order valence-corrected chi connectivity index (χ0v) is 13.1. The third-order valence-electron chi connectivity index (χ3n) is 4.66. The van der Waals surface area contributed by atoms with Crippen LogP contribution >= 0.6 is 0 Å². The number of para-hydroxylation sites is 1. The second-order valence-corrected chi connectivity index (χ2v) is 6.23. The fourth-order valence-corrected chi connectivity index (χ4v) is 3.54. The lowest BCUT2D eigenvalue weighted by atomic mass is 9.89. The van der Waals surface area contributed by atoms with Crippen LogP contribution in [0.1, 0.15) is 34.3 Å². The molecule has 2 aliphatic rings. The van der Waals surface area contributed by atoms with Crippen molar-refractivity contribution in [3.63, 3.8) is 0 Å². The average Bonchev–Trinajstić information content (AvgIpc) is 2.60. The van der Waals surface area contributed by atoms with Crippen LogP contribution in [0, 0.1) is 5.82 Å². The van der Waals surface area contributed by atoms with Crippen LogP contribution < -0.4 is 10.2 Å². The number of hydrogen-bond acceptors (Lipinski definition) is 2. The highest BCUT2D eigenvalue weighted by Gasteiger charge is 2.30. The Kier molecular flexibility index (Phi) is 3.56. The number of carbonyl (C=O) groups is 2. The lowest BCUT2D eigenvalue weighted by molar-refractivity contribution is -0.119. The minimum absolute atomic E-state index is 0.159. The van der Waals surface area contributed by atoms with E-state index in [0.717, 1.165) is 36.2 Å². The van der Waals surface area contributed by atoms with Gasteiger partial charge in [-0.05, 0) is 54.7 Å². The number of rotatable bonds is 2. The van der Waals surface area contributed by atoms with E-state index in [1.807, 2.05) is 17.0 Å². The Hall–Kier alpha value is -2.69. The number of halogens is 1. The van der Waals surface area contributed by atoms with E-state index in [9.17, 15) is 14.0 Å². The van der Waals surface area contributed by atoms with Crippen molar-refractivity contribution in [3.8, 4) is 0 Å². The van der Waals surface area contributed by atoms with Gasteiger partial charge in [0, 0.05) is 18.5 Å². The first-order valence-corrected chi connectivity index (χ1v) is 8.15. The molecule has 0 unspecified atom stereocenters. The molecule has 24 heavy (non-hydrogen) atoms. The average molecular weight is 324 g/mol. The summed E-state index contributed by atoms with van der Waals surface area (Å²) in [7, 11) is 0. The molecule has 5 heteroatoms. The van der Waals surface area contributed by atoms with E-state index in [-0.39, 0.29) is 17.5 Å². The minimum atomic E-state index is -0.457. The quantitative estimate of drug-likeness (QED) is 0.921. The van der Waals surface area contributed by atoms with Gasteiger partial charge < -0.3 is 10.2 Å². The van der Waals surface area contributed by atoms with E-state index >= 15 is 0 Å². The summed E-state index contributed by atoms with van der Waals surface area (Å²) in [5.74, 6) is -0.623. The number of hydrogen-bond donors (Lipinski definition) is 1. The molecule has 0 saturated carbocycles. The van der Waals surface area contributed by atoms with Gasteiger partial charge in [-0.2, -0.15) is 0 Å². The van der Waals surface area contributed by atoms with Crippen molar-refractivity contribution >= 4 is 23.2 Å². The molecule has 2 amide bonds. The van der Waals surface area contributed by atoms with Gasteiger partial charge in [-0.3, -0.25) is 9.59 Å². The van der Waals surface area contributed by atoms with Crippen LogP contribution in [0.15, 0.2) is 36.4 Å². The molecule has 1 N–H and O–H groups in total. The highest BCUT2D eigenvalue weighted by molar-refractivity contribution is 6.06. The Morgan fingerprint density at radius 2 is 1.83 bits per heavy atom. The first kappa shape index (κ1) is 14.9. The molecule has 0 aromatic heterocycles. The molecule has 0 radical (unpaired) electrons. The van der Waals surface area contributed by atoms with Gasteiger partial charge in [0.1, 0.15) is 5.82 Å². The summed E-state index contributed by atoms with van der Waals surface area (Å²) >= 11 is 0. The van der Waals surface area contributed by atoms with E-state index < -0.39 is 5.82 Å². The number of aryl methyl sites for hydroxylation is 2. The number of carbonyl (C=O) groups excluding carboxylic acids is 2. The summed E-state index contributed by atoms with van der Waals surface area (Å²) < 4.78 is 13.7. The Balaban J connectivity index is 1.69. The summed E-state index contributed by atoms with van der Waals surface area (Å²) in [6, 6.07) is 9.78.